The molecular weight excluding hydrogens is 269 g/mol. The van der Waals surface area contributed by atoms with Crippen molar-refractivity contribution in [3.63, 3.8) is 0 Å². The number of nitro benzene ring substituents is 1. The van der Waals surface area contributed by atoms with Crippen LogP contribution in [0.3, 0.4) is 0 Å². The van der Waals surface area contributed by atoms with E-state index in [2.05, 4.69) is 0 Å². The van der Waals surface area contributed by atoms with Crippen molar-refractivity contribution in [1.29, 1.82) is 0 Å². The molecule has 0 aliphatic heterocycles. The van der Waals surface area contributed by atoms with Gasteiger partial charge in [-0.25, -0.2) is 9.18 Å². The lowest BCUT2D eigenvalue weighted by molar-refractivity contribution is -0.385. The predicted octanol–water partition coefficient (Wildman–Crippen LogP) is 3.22. The highest BCUT2D eigenvalue weighted by molar-refractivity contribution is 5.87. The zero-order valence-corrected chi connectivity index (χ0v) is 9.95. The molecule has 0 amide bonds. The van der Waals surface area contributed by atoms with Crippen LogP contribution < -0.4 is 4.74 Å². The van der Waals surface area contributed by atoms with Crippen LogP contribution in [-0.4, -0.2) is 16.0 Å². The molecule has 2 aromatic carbocycles. The summed E-state index contributed by atoms with van der Waals surface area (Å²) >= 11 is 0. The average molecular weight is 277 g/mol. The van der Waals surface area contributed by atoms with Crippen molar-refractivity contribution in [2.24, 2.45) is 0 Å². The lowest BCUT2D eigenvalue weighted by atomic mass is 10.2. The molecule has 7 heteroatoms. The number of carboxylic acid groups (broad SMARTS) is 1. The zero-order valence-electron chi connectivity index (χ0n) is 9.95. The summed E-state index contributed by atoms with van der Waals surface area (Å²) in [5, 5.41) is 19.3. The number of nitro groups is 1. The average Bonchev–Trinajstić information content (AvgIpc) is 2.38. The highest BCUT2D eigenvalue weighted by Gasteiger charge is 2.11. The summed E-state index contributed by atoms with van der Waals surface area (Å²) in [6.45, 7) is 0. The third-order valence-corrected chi connectivity index (χ3v) is 2.40. The lowest BCUT2D eigenvalue weighted by Crippen LogP contribution is -1.95. The number of carboxylic acids is 1. The van der Waals surface area contributed by atoms with Crippen molar-refractivity contribution in [1.82, 2.24) is 0 Å². The monoisotopic (exact) mass is 277 g/mol. The summed E-state index contributed by atoms with van der Waals surface area (Å²) in [5.41, 5.74) is -0.357. The molecule has 0 radical (unpaired) electrons. The molecule has 0 spiro atoms. The van der Waals surface area contributed by atoms with Crippen LogP contribution in [0.2, 0.25) is 0 Å². The van der Waals surface area contributed by atoms with Crippen LogP contribution in [0.25, 0.3) is 0 Å². The number of benzene rings is 2. The Morgan fingerprint density at radius 3 is 2.35 bits per heavy atom. The van der Waals surface area contributed by atoms with Gasteiger partial charge in [-0.05, 0) is 24.3 Å². The molecule has 102 valence electrons. The quantitative estimate of drug-likeness (QED) is 0.684. The van der Waals surface area contributed by atoms with Gasteiger partial charge in [0.05, 0.1) is 22.6 Å². The molecule has 6 nitrogen and oxygen atoms in total. The Balaban J connectivity index is 2.25. The zero-order chi connectivity index (χ0) is 14.7. The van der Waals surface area contributed by atoms with E-state index in [-0.39, 0.29) is 17.1 Å². The first-order chi connectivity index (χ1) is 9.45. The van der Waals surface area contributed by atoms with Crippen LogP contribution >= 0.6 is 0 Å². The Labute approximate surface area is 112 Å². The number of hydrogen-bond donors (Lipinski definition) is 1. The smallest absolute Gasteiger partial charge is 0.335 e. The van der Waals surface area contributed by atoms with E-state index in [0.717, 1.165) is 18.2 Å². The normalized spacial score (nSPS) is 10.1. The van der Waals surface area contributed by atoms with Gasteiger partial charge in [0.15, 0.2) is 0 Å². The molecule has 2 aromatic rings. The van der Waals surface area contributed by atoms with E-state index in [1.807, 2.05) is 0 Å². The molecule has 0 heterocycles. The highest BCUT2D eigenvalue weighted by atomic mass is 19.1. The van der Waals surface area contributed by atoms with Gasteiger partial charge in [-0.1, -0.05) is 0 Å². The number of non-ortho nitro benzene ring substituents is 1. The Morgan fingerprint density at radius 1 is 1.15 bits per heavy atom. The minimum absolute atomic E-state index is 0.0419. The number of aromatic carboxylic acids is 1. The van der Waals surface area contributed by atoms with Gasteiger partial charge in [0.2, 0.25) is 0 Å². The van der Waals surface area contributed by atoms with Gasteiger partial charge in [-0.15, -0.1) is 0 Å². The summed E-state index contributed by atoms with van der Waals surface area (Å²) < 4.78 is 18.4. The molecule has 0 fully saturated rings. The Bertz CT molecular complexity index is 669. The molecule has 0 atom stereocenters. The Morgan fingerprint density at radius 2 is 1.80 bits per heavy atom. The first-order valence-electron chi connectivity index (χ1n) is 5.42. The third-order valence-electron chi connectivity index (χ3n) is 2.40. The van der Waals surface area contributed by atoms with E-state index >= 15 is 0 Å². The number of hydrogen-bond acceptors (Lipinski definition) is 4. The van der Waals surface area contributed by atoms with Gasteiger partial charge >= 0.3 is 5.97 Å². The molecule has 2 rings (SSSR count). The summed E-state index contributed by atoms with van der Waals surface area (Å²) in [5.74, 6) is -1.68. The molecule has 0 aliphatic carbocycles. The first-order valence-corrected chi connectivity index (χ1v) is 5.42. The van der Waals surface area contributed by atoms with Crippen molar-refractivity contribution in [2.75, 3.05) is 0 Å². The predicted molar refractivity (Wildman–Crippen MR) is 66.5 cm³/mol. The molecular formula is C13H8FNO5. The second-order valence-electron chi connectivity index (χ2n) is 3.83. The maximum atomic E-state index is 13.2. The van der Waals surface area contributed by atoms with E-state index < -0.39 is 22.4 Å². The molecule has 0 aliphatic rings. The molecule has 1 N–H and O–H groups in total. The maximum absolute atomic E-state index is 13.2. The van der Waals surface area contributed by atoms with Gasteiger partial charge in [0, 0.05) is 6.07 Å². The van der Waals surface area contributed by atoms with Crippen LogP contribution in [0, 0.1) is 15.9 Å². The lowest BCUT2D eigenvalue weighted by Gasteiger charge is -2.06. The number of carbonyl (C=O) groups is 1. The third kappa shape index (κ3) is 3.08. The number of ether oxygens (including phenoxy) is 1. The summed E-state index contributed by atoms with van der Waals surface area (Å²) in [6, 6.07) is 8.23. The van der Waals surface area contributed by atoms with Gasteiger partial charge in [-0.3, -0.25) is 10.1 Å². The second-order valence-corrected chi connectivity index (χ2v) is 3.83. The molecule has 20 heavy (non-hydrogen) atoms. The van der Waals surface area contributed by atoms with Crippen LogP contribution in [0.5, 0.6) is 11.5 Å². The molecule has 0 saturated carbocycles. The molecule has 0 aromatic heterocycles. The first kappa shape index (κ1) is 13.5. The standard InChI is InChI=1S/C13H8FNO5/c14-9-5-10(15(18)19)7-12(6-9)20-11-3-1-8(2-4-11)13(16)17/h1-7H,(H,16,17). The van der Waals surface area contributed by atoms with Gasteiger partial charge in [-0.2, -0.15) is 0 Å². The maximum Gasteiger partial charge on any atom is 0.335 e. The van der Waals surface area contributed by atoms with Crippen LogP contribution in [0.15, 0.2) is 42.5 Å². The number of halogens is 1. The van der Waals surface area contributed by atoms with Crippen LogP contribution in [-0.2, 0) is 0 Å². The van der Waals surface area contributed by atoms with Crippen LogP contribution in [0.4, 0.5) is 10.1 Å². The van der Waals surface area contributed by atoms with Crippen molar-refractivity contribution in [3.8, 4) is 11.5 Å². The van der Waals surface area contributed by atoms with Crippen molar-refractivity contribution in [3.05, 3.63) is 64.0 Å². The van der Waals surface area contributed by atoms with E-state index in [1.54, 1.807) is 0 Å². The fourth-order valence-electron chi connectivity index (χ4n) is 1.51. The second kappa shape index (κ2) is 5.35. The largest absolute Gasteiger partial charge is 0.478 e. The summed E-state index contributed by atoms with van der Waals surface area (Å²) in [6.07, 6.45) is 0. The van der Waals surface area contributed by atoms with E-state index in [0.29, 0.717) is 0 Å². The molecule has 0 unspecified atom stereocenters. The fourth-order valence-corrected chi connectivity index (χ4v) is 1.51. The minimum atomic E-state index is -1.09. The van der Waals surface area contributed by atoms with Gasteiger partial charge < -0.3 is 9.84 Å². The van der Waals surface area contributed by atoms with E-state index in [9.17, 15) is 19.3 Å². The Kier molecular flexibility index (Phi) is 3.60. The fraction of sp³-hybridized carbons (Fsp3) is 0. The molecule has 0 bridgehead atoms. The highest BCUT2D eigenvalue weighted by Crippen LogP contribution is 2.26. The Hall–Kier alpha value is -2.96. The topological polar surface area (TPSA) is 89.7 Å². The molecule has 0 saturated heterocycles. The summed E-state index contributed by atoms with van der Waals surface area (Å²) in [7, 11) is 0. The van der Waals surface area contributed by atoms with Crippen LogP contribution in [0.1, 0.15) is 10.4 Å². The number of nitrogens with zero attached hydrogens (tertiary/aromatic N) is 1. The van der Waals surface area contributed by atoms with Crippen molar-refractivity contribution in [2.45, 2.75) is 0 Å². The number of rotatable bonds is 4. The van der Waals surface area contributed by atoms with Gasteiger partial charge in [0.25, 0.3) is 5.69 Å². The van der Waals surface area contributed by atoms with Crippen molar-refractivity contribution >= 4 is 11.7 Å². The minimum Gasteiger partial charge on any atom is -0.478 e. The van der Waals surface area contributed by atoms with E-state index in [1.165, 1.54) is 24.3 Å². The van der Waals surface area contributed by atoms with Gasteiger partial charge in [0.1, 0.15) is 17.3 Å². The van der Waals surface area contributed by atoms with E-state index in [4.69, 9.17) is 9.84 Å². The SMILES string of the molecule is O=C(O)c1ccc(Oc2cc(F)cc([N+](=O)[O-])c2)cc1. The van der Waals surface area contributed by atoms with Crippen molar-refractivity contribution < 1.29 is 24.0 Å². The summed E-state index contributed by atoms with van der Waals surface area (Å²) in [4.78, 5) is 20.5.